The first kappa shape index (κ1) is 14.2. The second kappa shape index (κ2) is 5.24. The van der Waals surface area contributed by atoms with E-state index in [4.69, 9.17) is 28.9 Å². The van der Waals surface area contributed by atoms with Gasteiger partial charge in [0.1, 0.15) is 0 Å². The summed E-state index contributed by atoms with van der Waals surface area (Å²) in [5.74, 6) is -0.140. The van der Waals surface area contributed by atoms with Gasteiger partial charge in [0, 0.05) is 17.4 Å². The highest BCUT2D eigenvalue weighted by Crippen LogP contribution is 2.36. The van der Waals surface area contributed by atoms with E-state index in [1.54, 1.807) is 29.2 Å². The Balaban J connectivity index is 2.05. The minimum Gasteiger partial charge on any atom is -0.399 e. The molecule has 5 heteroatoms. The minimum absolute atomic E-state index is 0.0596. The summed E-state index contributed by atoms with van der Waals surface area (Å²) >= 11 is 12.2. The summed E-state index contributed by atoms with van der Waals surface area (Å²) in [6.07, 6.45) is 0.782. The quantitative estimate of drug-likeness (QED) is 0.802. The number of nitrogen functional groups attached to an aromatic ring is 1. The van der Waals surface area contributed by atoms with Gasteiger partial charge in [0.25, 0.3) is 5.91 Å². The smallest absolute Gasteiger partial charge is 0.260 e. The molecule has 1 unspecified atom stereocenters. The second-order valence-electron chi connectivity index (χ2n) is 5.22. The normalized spacial score (nSPS) is 16.9. The number of carbonyl (C=O) groups is 1. The van der Waals surface area contributed by atoms with E-state index in [0.717, 1.165) is 17.7 Å². The molecule has 1 aliphatic heterocycles. The number of halogens is 2. The molecule has 0 aliphatic carbocycles. The molecule has 0 spiro atoms. The van der Waals surface area contributed by atoms with Crippen LogP contribution in [0.3, 0.4) is 0 Å². The lowest BCUT2D eigenvalue weighted by Crippen LogP contribution is -2.35. The fourth-order valence-electron chi connectivity index (χ4n) is 2.76. The molecule has 0 aromatic heterocycles. The number of nitrogens with two attached hydrogens (primary N) is 1. The van der Waals surface area contributed by atoms with Crippen molar-refractivity contribution in [3.05, 3.63) is 57.6 Å². The molecule has 0 saturated carbocycles. The van der Waals surface area contributed by atoms with Gasteiger partial charge in [-0.15, -0.1) is 0 Å². The van der Waals surface area contributed by atoms with Crippen LogP contribution in [0.15, 0.2) is 36.4 Å². The molecule has 1 amide bonds. The molecule has 1 aliphatic rings. The van der Waals surface area contributed by atoms with E-state index in [1.807, 2.05) is 19.1 Å². The van der Waals surface area contributed by atoms with Crippen LogP contribution in [-0.4, -0.2) is 11.9 Å². The van der Waals surface area contributed by atoms with Gasteiger partial charge in [0.2, 0.25) is 0 Å². The van der Waals surface area contributed by atoms with Gasteiger partial charge in [-0.1, -0.05) is 29.3 Å². The molecule has 21 heavy (non-hydrogen) atoms. The number of amides is 1. The first-order valence-electron chi connectivity index (χ1n) is 6.65. The Morgan fingerprint density at radius 2 is 2.05 bits per heavy atom. The van der Waals surface area contributed by atoms with Crippen LogP contribution in [0.2, 0.25) is 10.0 Å². The van der Waals surface area contributed by atoms with E-state index in [1.165, 1.54) is 0 Å². The van der Waals surface area contributed by atoms with Crippen molar-refractivity contribution in [1.29, 1.82) is 0 Å². The van der Waals surface area contributed by atoms with Crippen LogP contribution >= 0.6 is 23.2 Å². The van der Waals surface area contributed by atoms with E-state index < -0.39 is 0 Å². The summed E-state index contributed by atoms with van der Waals surface area (Å²) in [4.78, 5) is 14.6. The number of fused-ring (bicyclic) bond motifs is 1. The van der Waals surface area contributed by atoms with Crippen molar-refractivity contribution >= 4 is 40.5 Å². The lowest BCUT2D eigenvalue weighted by molar-refractivity contribution is 0.0981. The number of anilines is 2. The maximum absolute atomic E-state index is 12.8. The Labute approximate surface area is 133 Å². The molecule has 0 fully saturated rings. The summed E-state index contributed by atoms with van der Waals surface area (Å²) in [6, 6.07) is 10.7. The zero-order valence-electron chi connectivity index (χ0n) is 11.4. The zero-order valence-corrected chi connectivity index (χ0v) is 12.9. The molecule has 0 radical (unpaired) electrons. The van der Waals surface area contributed by atoms with Gasteiger partial charge < -0.3 is 10.6 Å². The van der Waals surface area contributed by atoms with Gasteiger partial charge in [-0.05, 0) is 49.2 Å². The van der Waals surface area contributed by atoms with Gasteiger partial charge in [0.05, 0.1) is 15.6 Å². The summed E-state index contributed by atoms with van der Waals surface area (Å²) in [5, 5.41) is 0.673. The predicted molar refractivity (Wildman–Crippen MR) is 87.3 cm³/mol. The largest absolute Gasteiger partial charge is 0.399 e. The number of hydrogen-bond acceptors (Lipinski definition) is 2. The maximum Gasteiger partial charge on any atom is 0.260 e. The fraction of sp³-hybridized carbons (Fsp3) is 0.188. The van der Waals surface area contributed by atoms with Crippen LogP contribution < -0.4 is 10.6 Å². The summed E-state index contributed by atoms with van der Waals surface area (Å²) in [5.41, 5.74) is 8.90. The Morgan fingerprint density at radius 3 is 2.81 bits per heavy atom. The molecule has 2 N–H and O–H groups in total. The Morgan fingerprint density at radius 1 is 1.29 bits per heavy atom. The number of nitrogens with zero attached hydrogens (tertiary/aromatic N) is 1. The predicted octanol–water partition coefficient (Wildman–Crippen LogP) is 4.17. The van der Waals surface area contributed by atoms with E-state index in [2.05, 4.69) is 0 Å². The summed E-state index contributed by atoms with van der Waals surface area (Å²) in [7, 11) is 0. The molecule has 0 bridgehead atoms. The van der Waals surface area contributed by atoms with E-state index >= 15 is 0 Å². The molecule has 3 nitrogen and oxygen atoms in total. The molecular formula is C16H14Cl2N2O. The van der Waals surface area contributed by atoms with Gasteiger partial charge >= 0.3 is 0 Å². The average Bonchev–Trinajstić information content (AvgIpc) is 2.76. The molecule has 1 atom stereocenters. The number of benzene rings is 2. The van der Waals surface area contributed by atoms with E-state index in [-0.39, 0.29) is 11.9 Å². The SMILES string of the molecule is CC1Cc2cc(N)ccc2N1C(=O)c1cccc(Cl)c1Cl. The van der Waals surface area contributed by atoms with E-state index in [9.17, 15) is 4.79 Å². The lowest BCUT2D eigenvalue weighted by Gasteiger charge is -2.23. The summed E-state index contributed by atoms with van der Waals surface area (Å²) in [6.45, 7) is 2.01. The van der Waals surface area contributed by atoms with Crippen LogP contribution in [0.25, 0.3) is 0 Å². The van der Waals surface area contributed by atoms with Crippen LogP contribution in [-0.2, 0) is 6.42 Å². The summed E-state index contributed by atoms with van der Waals surface area (Å²) < 4.78 is 0. The third-order valence-corrected chi connectivity index (χ3v) is 4.54. The van der Waals surface area contributed by atoms with Crippen LogP contribution in [0.1, 0.15) is 22.8 Å². The van der Waals surface area contributed by atoms with Gasteiger partial charge in [-0.25, -0.2) is 0 Å². The molecule has 1 heterocycles. The van der Waals surface area contributed by atoms with Crippen molar-refractivity contribution < 1.29 is 4.79 Å². The van der Waals surface area contributed by atoms with Crippen molar-refractivity contribution in [2.24, 2.45) is 0 Å². The van der Waals surface area contributed by atoms with Crippen molar-refractivity contribution in [1.82, 2.24) is 0 Å². The van der Waals surface area contributed by atoms with Gasteiger partial charge in [-0.2, -0.15) is 0 Å². The van der Waals surface area contributed by atoms with E-state index in [0.29, 0.717) is 21.3 Å². The highest BCUT2D eigenvalue weighted by atomic mass is 35.5. The topological polar surface area (TPSA) is 46.3 Å². The first-order valence-corrected chi connectivity index (χ1v) is 7.40. The highest BCUT2D eigenvalue weighted by Gasteiger charge is 2.32. The fourth-order valence-corrected chi connectivity index (χ4v) is 3.14. The number of rotatable bonds is 1. The first-order chi connectivity index (χ1) is 9.99. The zero-order chi connectivity index (χ0) is 15.1. The standard InChI is InChI=1S/C16H14Cl2N2O/c1-9-7-10-8-11(19)5-6-14(10)20(9)16(21)12-3-2-4-13(17)15(12)18/h2-6,8-9H,7,19H2,1H3. The Kier molecular flexibility index (Phi) is 3.56. The maximum atomic E-state index is 12.8. The highest BCUT2D eigenvalue weighted by molar-refractivity contribution is 6.44. The Hall–Kier alpha value is -1.71. The van der Waals surface area contributed by atoms with Crippen molar-refractivity contribution in [3.8, 4) is 0 Å². The van der Waals surface area contributed by atoms with Crippen LogP contribution in [0.4, 0.5) is 11.4 Å². The third-order valence-electron chi connectivity index (χ3n) is 3.72. The molecular weight excluding hydrogens is 307 g/mol. The Bertz CT molecular complexity index is 730. The number of hydrogen-bond donors (Lipinski definition) is 1. The third kappa shape index (κ3) is 2.37. The molecule has 2 aromatic carbocycles. The van der Waals surface area contributed by atoms with Crippen molar-refractivity contribution in [2.75, 3.05) is 10.6 Å². The molecule has 3 rings (SSSR count). The molecule has 2 aromatic rings. The van der Waals surface area contributed by atoms with Crippen molar-refractivity contribution in [3.63, 3.8) is 0 Å². The monoisotopic (exact) mass is 320 g/mol. The molecule has 108 valence electrons. The second-order valence-corrected chi connectivity index (χ2v) is 6.00. The number of carbonyl (C=O) groups excluding carboxylic acids is 1. The van der Waals surface area contributed by atoms with Crippen LogP contribution in [0.5, 0.6) is 0 Å². The molecule has 0 saturated heterocycles. The van der Waals surface area contributed by atoms with Crippen LogP contribution in [0, 0.1) is 0 Å². The lowest BCUT2D eigenvalue weighted by atomic mass is 10.1. The minimum atomic E-state index is -0.140. The van der Waals surface area contributed by atoms with Gasteiger partial charge in [-0.3, -0.25) is 4.79 Å². The average molecular weight is 321 g/mol. The van der Waals surface area contributed by atoms with Gasteiger partial charge in [0.15, 0.2) is 0 Å². The van der Waals surface area contributed by atoms with Crippen molar-refractivity contribution in [2.45, 2.75) is 19.4 Å².